The Bertz CT molecular complexity index is 545. The van der Waals surface area contributed by atoms with Gasteiger partial charge in [0.15, 0.2) is 9.84 Å². The van der Waals surface area contributed by atoms with E-state index >= 15 is 0 Å². The van der Waals surface area contributed by atoms with Crippen LogP contribution in [0.5, 0.6) is 0 Å². The minimum absolute atomic E-state index is 0.0960. The summed E-state index contributed by atoms with van der Waals surface area (Å²) in [5, 5.41) is 0.429. The van der Waals surface area contributed by atoms with E-state index in [9.17, 15) is 17.6 Å². The van der Waals surface area contributed by atoms with Crippen LogP contribution in [-0.4, -0.2) is 26.8 Å². The average molecular weight is 322 g/mol. The molecule has 7 heteroatoms. The molecule has 4 nitrogen and oxygen atoms in total. The first-order valence-electron chi connectivity index (χ1n) is 6.20. The number of hydrogen-bond donors (Lipinski definition) is 1. The lowest BCUT2D eigenvalue weighted by Gasteiger charge is -2.13. The number of benzene rings is 1. The lowest BCUT2D eigenvalue weighted by atomic mass is 10.0. The highest BCUT2D eigenvalue weighted by molar-refractivity contribution is 7.91. The van der Waals surface area contributed by atoms with Crippen LogP contribution in [0.3, 0.4) is 0 Å². The number of unbranched alkanes of at least 4 members (excludes halogenated alkanes) is 1. The summed E-state index contributed by atoms with van der Waals surface area (Å²) in [6.07, 6.45) is 0.997. The summed E-state index contributed by atoms with van der Waals surface area (Å²) < 4.78 is 36.4. The number of hydrogen-bond acceptors (Lipinski definition) is 3. The second-order valence-corrected chi connectivity index (χ2v) is 6.99. The van der Waals surface area contributed by atoms with Gasteiger partial charge in [0.2, 0.25) is 5.91 Å². The zero-order chi connectivity index (χ0) is 15.2. The molecule has 0 aliphatic rings. The molecule has 0 aliphatic carbocycles. The molecule has 0 spiro atoms. The highest BCUT2D eigenvalue weighted by atomic mass is 35.5. The lowest BCUT2D eigenvalue weighted by molar-refractivity contribution is -0.121. The van der Waals surface area contributed by atoms with Crippen LogP contribution >= 0.6 is 11.6 Å². The van der Waals surface area contributed by atoms with Crippen LogP contribution in [0.4, 0.5) is 4.39 Å². The fourth-order valence-corrected chi connectivity index (χ4v) is 3.53. The molecule has 0 saturated heterocycles. The second kappa shape index (κ2) is 7.59. The summed E-state index contributed by atoms with van der Waals surface area (Å²) in [6.45, 7) is -0.491. The van der Waals surface area contributed by atoms with Crippen LogP contribution in [-0.2, 0) is 14.6 Å². The topological polar surface area (TPSA) is 77.2 Å². The minimum atomic E-state index is -3.61. The van der Waals surface area contributed by atoms with E-state index in [2.05, 4.69) is 0 Å². The summed E-state index contributed by atoms with van der Waals surface area (Å²) in [6, 6.07) is 5.71. The number of rotatable bonds is 8. The standard InChI is InChI=1S/C13H17ClFNO3S/c14-11-4-6-12(7-5-11)20(18,19)9-10(13(16)17)3-1-2-8-15/h4-7,10H,1-3,8-9H2,(H2,16,17). The first-order chi connectivity index (χ1) is 9.36. The molecule has 2 N–H and O–H groups in total. The zero-order valence-electron chi connectivity index (χ0n) is 10.9. The zero-order valence-corrected chi connectivity index (χ0v) is 12.5. The molecule has 112 valence electrons. The number of alkyl halides is 1. The largest absolute Gasteiger partial charge is 0.369 e. The van der Waals surface area contributed by atoms with Gasteiger partial charge >= 0.3 is 0 Å². The summed E-state index contributed by atoms with van der Waals surface area (Å²) >= 11 is 5.70. The Morgan fingerprint density at radius 3 is 2.35 bits per heavy atom. The summed E-state index contributed by atoms with van der Waals surface area (Å²) in [5.41, 5.74) is 5.21. The van der Waals surface area contributed by atoms with Gasteiger partial charge in [-0.25, -0.2) is 8.42 Å². The van der Waals surface area contributed by atoms with E-state index in [1.165, 1.54) is 24.3 Å². The molecule has 0 radical (unpaired) electrons. The van der Waals surface area contributed by atoms with E-state index in [1.54, 1.807) is 0 Å². The van der Waals surface area contributed by atoms with E-state index in [-0.39, 0.29) is 17.1 Å². The number of amides is 1. The molecule has 0 aliphatic heterocycles. The molecular weight excluding hydrogens is 305 g/mol. The van der Waals surface area contributed by atoms with E-state index in [4.69, 9.17) is 17.3 Å². The Labute approximate surface area is 123 Å². The van der Waals surface area contributed by atoms with Crippen molar-refractivity contribution in [3.05, 3.63) is 29.3 Å². The van der Waals surface area contributed by atoms with Gasteiger partial charge < -0.3 is 5.73 Å². The SMILES string of the molecule is NC(=O)C(CCCCF)CS(=O)(=O)c1ccc(Cl)cc1. The van der Waals surface area contributed by atoms with Crippen LogP contribution < -0.4 is 5.73 Å². The minimum Gasteiger partial charge on any atom is -0.369 e. The number of nitrogens with two attached hydrogens (primary N) is 1. The van der Waals surface area contributed by atoms with Crippen molar-refractivity contribution in [3.63, 3.8) is 0 Å². The van der Waals surface area contributed by atoms with E-state index in [1.807, 2.05) is 0 Å². The lowest BCUT2D eigenvalue weighted by Crippen LogP contribution is -2.30. The van der Waals surface area contributed by atoms with Crippen molar-refractivity contribution >= 4 is 27.3 Å². The smallest absolute Gasteiger partial charge is 0.221 e. The van der Waals surface area contributed by atoms with Crippen LogP contribution in [0.2, 0.25) is 5.02 Å². The Kier molecular flexibility index (Phi) is 6.42. The number of sulfone groups is 1. The number of halogens is 2. The predicted molar refractivity (Wildman–Crippen MR) is 76.0 cm³/mol. The summed E-state index contributed by atoms with van der Waals surface area (Å²) in [4.78, 5) is 11.4. The van der Waals surface area contributed by atoms with Crippen LogP contribution in [0.15, 0.2) is 29.2 Å². The fourth-order valence-electron chi connectivity index (χ4n) is 1.80. The van der Waals surface area contributed by atoms with Crippen LogP contribution in [0, 0.1) is 5.92 Å². The molecule has 1 unspecified atom stereocenters. The number of primary amides is 1. The maximum absolute atomic E-state index is 12.2. The Morgan fingerprint density at radius 1 is 1.25 bits per heavy atom. The normalized spacial score (nSPS) is 13.1. The molecule has 1 rings (SSSR count). The van der Waals surface area contributed by atoms with Gasteiger partial charge in [-0.1, -0.05) is 18.0 Å². The fraction of sp³-hybridized carbons (Fsp3) is 0.462. The van der Waals surface area contributed by atoms with Gasteiger partial charge in [0.05, 0.1) is 23.2 Å². The van der Waals surface area contributed by atoms with E-state index in [0.29, 0.717) is 17.9 Å². The van der Waals surface area contributed by atoms with Crippen molar-refractivity contribution in [1.82, 2.24) is 0 Å². The van der Waals surface area contributed by atoms with Gasteiger partial charge in [-0.15, -0.1) is 0 Å². The first-order valence-corrected chi connectivity index (χ1v) is 8.23. The van der Waals surface area contributed by atoms with Gasteiger partial charge in [-0.2, -0.15) is 0 Å². The molecular formula is C13H17ClFNO3S. The quantitative estimate of drug-likeness (QED) is 0.747. The molecule has 0 aromatic heterocycles. The molecule has 1 atom stereocenters. The van der Waals surface area contributed by atoms with Crippen molar-refractivity contribution in [1.29, 1.82) is 0 Å². The van der Waals surface area contributed by atoms with Gasteiger partial charge in [-0.3, -0.25) is 9.18 Å². The molecule has 0 heterocycles. The van der Waals surface area contributed by atoms with Crippen molar-refractivity contribution in [3.8, 4) is 0 Å². The van der Waals surface area contributed by atoms with Gasteiger partial charge in [0.1, 0.15) is 0 Å². The molecule has 1 aromatic carbocycles. The summed E-state index contributed by atoms with van der Waals surface area (Å²) in [7, 11) is -3.61. The third kappa shape index (κ3) is 5.09. The van der Waals surface area contributed by atoms with Crippen LogP contribution in [0.1, 0.15) is 19.3 Å². The molecule has 0 fully saturated rings. The van der Waals surface area contributed by atoms with Gasteiger partial charge in [-0.05, 0) is 37.1 Å². The first kappa shape index (κ1) is 16.9. The van der Waals surface area contributed by atoms with E-state index < -0.39 is 28.3 Å². The van der Waals surface area contributed by atoms with Crippen molar-refractivity contribution in [2.75, 3.05) is 12.4 Å². The van der Waals surface area contributed by atoms with Gasteiger partial charge in [0.25, 0.3) is 0 Å². The van der Waals surface area contributed by atoms with Crippen molar-refractivity contribution < 1.29 is 17.6 Å². The monoisotopic (exact) mass is 321 g/mol. The Morgan fingerprint density at radius 2 is 1.85 bits per heavy atom. The predicted octanol–water partition coefficient (Wildman–Crippen LogP) is 2.36. The third-order valence-corrected chi connectivity index (χ3v) is 5.02. The molecule has 1 amide bonds. The molecule has 1 aromatic rings. The van der Waals surface area contributed by atoms with Crippen molar-refractivity contribution in [2.45, 2.75) is 24.2 Å². The van der Waals surface area contributed by atoms with Gasteiger partial charge in [0, 0.05) is 5.02 Å². The van der Waals surface area contributed by atoms with Crippen LogP contribution in [0.25, 0.3) is 0 Å². The Hall–Kier alpha value is -1.14. The highest BCUT2D eigenvalue weighted by Crippen LogP contribution is 2.19. The Balaban J connectivity index is 2.80. The molecule has 0 saturated carbocycles. The second-order valence-electron chi connectivity index (χ2n) is 4.52. The number of carbonyl (C=O) groups excluding carboxylic acids is 1. The average Bonchev–Trinajstić information content (AvgIpc) is 2.38. The van der Waals surface area contributed by atoms with Crippen molar-refractivity contribution in [2.24, 2.45) is 11.7 Å². The third-order valence-electron chi connectivity index (χ3n) is 2.93. The molecule has 20 heavy (non-hydrogen) atoms. The maximum atomic E-state index is 12.2. The number of carbonyl (C=O) groups is 1. The molecule has 0 bridgehead atoms. The highest BCUT2D eigenvalue weighted by Gasteiger charge is 2.24. The van der Waals surface area contributed by atoms with E-state index in [0.717, 1.165) is 0 Å². The maximum Gasteiger partial charge on any atom is 0.221 e. The summed E-state index contributed by atoms with van der Waals surface area (Å²) in [5.74, 6) is -1.85.